The minimum atomic E-state index is -4.25. The predicted molar refractivity (Wildman–Crippen MR) is 146 cm³/mol. The first-order valence-corrected chi connectivity index (χ1v) is 14.1. The smallest absolute Gasteiger partial charge is 0.264 e. The average molecular weight is 558 g/mol. The summed E-state index contributed by atoms with van der Waals surface area (Å²) in [7, 11) is -4.25. The van der Waals surface area contributed by atoms with Crippen LogP contribution in [-0.4, -0.2) is 43.8 Å². The van der Waals surface area contributed by atoms with Gasteiger partial charge in [-0.1, -0.05) is 36.8 Å². The number of nitrogens with zero attached hydrogens (tertiary/aromatic N) is 2. The van der Waals surface area contributed by atoms with Gasteiger partial charge in [-0.25, -0.2) is 17.2 Å². The summed E-state index contributed by atoms with van der Waals surface area (Å²) >= 11 is 0. The first-order valence-electron chi connectivity index (χ1n) is 12.6. The number of hydrogen-bond acceptors (Lipinski definition) is 4. The second-order valence-electron chi connectivity index (χ2n) is 9.44. The Morgan fingerprint density at radius 3 is 1.95 bits per heavy atom. The van der Waals surface area contributed by atoms with E-state index in [1.54, 1.807) is 19.1 Å². The van der Waals surface area contributed by atoms with Gasteiger partial charge in [0.05, 0.1) is 10.6 Å². The molecule has 0 spiro atoms. The summed E-state index contributed by atoms with van der Waals surface area (Å²) < 4.78 is 55.5. The first kappa shape index (κ1) is 29.8. The summed E-state index contributed by atoms with van der Waals surface area (Å²) in [5, 5.41) is 2.85. The van der Waals surface area contributed by atoms with Crippen LogP contribution in [0.5, 0.6) is 0 Å². The van der Waals surface area contributed by atoms with E-state index in [9.17, 15) is 26.8 Å². The lowest BCUT2D eigenvalue weighted by Gasteiger charge is -2.32. The second kappa shape index (κ2) is 12.8. The fraction of sp³-hybridized carbons (Fsp3) is 0.310. The van der Waals surface area contributed by atoms with E-state index in [1.165, 1.54) is 53.4 Å². The van der Waals surface area contributed by atoms with E-state index in [0.29, 0.717) is 12.0 Å². The van der Waals surface area contributed by atoms with Crippen LogP contribution in [0.15, 0.2) is 77.7 Å². The molecule has 2 amide bonds. The number of halogens is 2. The maximum Gasteiger partial charge on any atom is 0.264 e. The molecule has 7 nitrogen and oxygen atoms in total. The number of benzene rings is 3. The van der Waals surface area contributed by atoms with Gasteiger partial charge in [0.2, 0.25) is 11.8 Å². The van der Waals surface area contributed by atoms with Crippen molar-refractivity contribution in [1.82, 2.24) is 10.2 Å². The van der Waals surface area contributed by atoms with Crippen molar-refractivity contribution in [3.63, 3.8) is 0 Å². The predicted octanol–water partition coefficient (Wildman–Crippen LogP) is 4.80. The van der Waals surface area contributed by atoms with Crippen LogP contribution >= 0.6 is 0 Å². The third-order valence-corrected chi connectivity index (χ3v) is 8.23. The Balaban J connectivity index is 2.01. The van der Waals surface area contributed by atoms with Crippen molar-refractivity contribution in [2.75, 3.05) is 10.8 Å². The minimum Gasteiger partial charge on any atom is -0.352 e. The molecular weight excluding hydrogens is 524 g/mol. The minimum absolute atomic E-state index is 0.0436. The molecule has 0 saturated carbocycles. The molecule has 39 heavy (non-hydrogen) atoms. The largest absolute Gasteiger partial charge is 0.352 e. The molecule has 0 bridgehead atoms. The lowest BCUT2D eigenvalue weighted by molar-refractivity contribution is -0.139. The van der Waals surface area contributed by atoms with E-state index in [0.717, 1.165) is 22.0 Å². The second-order valence-corrected chi connectivity index (χ2v) is 11.3. The van der Waals surface area contributed by atoms with Crippen LogP contribution in [0.1, 0.15) is 38.3 Å². The lowest BCUT2D eigenvalue weighted by Crippen LogP contribution is -2.52. The Morgan fingerprint density at radius 1 is 0.872 bits per heavy atom. The molecular formula is C29H33F2N3O4S. The number of carbonyl (C=O) groups excluding carboxylic acids is 2. The first-order chi connectivity index (χ1) is 18.4. The zero-order valence-corrected chi connectivity index (χ0v) is 23.2. The summed E-state index contributed by atoms with van der Waals surface area (Å²) in [5.74, 6) is -2.09. The topological polar surface area (TPSA) is 86.8 Å². The van der Waals surface area contributed by atoms with Gasteiger partial charge in [-0.15, -0.1) is 0 Å². The van der Waals surface area contributed by atoms with E-state index in [1.807, 2.05) is 20.8 Å². The van der Waals surface area contributed by atoms with Crippen molar-refractivity contribution in [1.29, 1.82) is 0 Å². The fourth-order valence-electron chi connectivity index (χ4n) is 3.81. The van der Waals surface area contributed by atoms with Crippen molar-refractivity contribution in [2.24, 2.45) is 0 Å². The molecule has 0 saturated heterocycles. The van der Waals surface area contributed by atoms with Gasteiger partial charge < -0.3 is 10.2 Å². The van der Waals surface area contributed by atoms with Crippen LogP contribution in [-0.2, 0) is 26.2 Å². The molecule has 2 atom stereocenters. The average Bonchev–Trinajstić information content (AvgIpc) is 2.91. The molecule has 0 unspecified atom stereocenters. The van der Waals surface area contributed by atoms with Gasteiger partial charge in [0.25, 0.3) is 10.0 Å². The Morgan fingerprint density at radius 2 is 1.41 bits per heavy atom. The Labute approximate surface area is 228 Å². The molecule has 3 aromatic rings. The van der Waals surface area contributed by atoms with E-state index in [2.05, 4.69) is 5.32 Å². The number of carbonyl (C=O) groups is 2. The number of aryl methyl sites for hydroxylation is 1. The third-order valence-electron chi connectivity index (χ3n) is 6.44. The quantitative estimate of drug-likeness (QED) is 0.367. The molecule has 0 fully saturated rings. The highest BCUT2D eigenvalue weighted by molar-refractivity contribution is 7.92. The van der Waals surface area contributed by atoms with Gasteiger partial charge >= 0.3 is 0 Å². The molecule has 0 radical (unpaired) electrons. The number of anilines is 1. The van der Waals surface area contributed by atoms with Gasteiger partial charge in [0, 0.05) is 12.6 Å². The lowest BCUT2D eigenvalue weighted by atomic mass is 10.1. The Hall–Kier alpha value is -3.79. The van der Waals surface area contributed by atoms with Crippen molar-refractivity contribution in [2.45, 2.75) is 57.6 Å². The molecule has 0 aliphatic rings. The van der Waals surface area contributed by atoms with E-state index < -0.39 is 46.1 Å². The molecule has 0 heterocycles. The number of nitrogens with one attached hydrogen (secondary N) is 1. The molecule has 3 aromatic carbocycles. The van der Waals surface area contributed by atoms with Crippen LogP contribution in [0.4, 0.5) is 14.5 Å². The number of sulfonamides is 1. The van der Waals surface area contributed by atoms with Crippen molar-refractivity contribution in [3.8, 4) is 0 Å². The van der Waals surface area contributed by atoms with Gasteiger partial charge in [0.15, 0.2) is 0 Å². The molecule has 0 aliphatic carbocycles. The highest BCUT2D eigenvalue weighted by atomic mass is 32.2. The van der Waals surface area contributed by atoms with Crippen LogP contribution in [0.2, 0.25) is 0 Å². The van der Waals surface area contributed by atoms with E-state index in [-0.39, 0.29) is 23.2 Å². The normalized spacial score (nSPS) is 12.9. The number of amides is 2. The molecule has 3 rings (SSSR count). The van der Waals surface area contributed by atoms with E-state index >= 15 is 0 Å². The summed E-state index contributed by atoms with van der Waals surface area (Å²) in [6.45, 7) is 6.40. The van der Waals surface area contributed by atoms with E-state index in [4.69, 9.17) is 0 Å². The zero-order chi connectivity index (χ0) is 28.7. The molecule has 208 valence electrons. The molecule has 1 N–H and O–H groups in total. The Kier molecular flexibility index (Phi) is 9.80. The molecule has 0 aliphatic heterocycles. The third kappa shape index (κ3) is 7.63. The zero-order valence-electron chi connectivity index (χ0n) is 22.4. The maximum absolute atomic E-state index is 13.8. The highest BCUT2D eigenvalue weighted by Crippen LogP contribution is 2.25. The van der Waals surface area contributed by atoms with Crippen molar-refractivity contribution >= 4 is 27.5 Å². The molecule has 10 heteroatoms. The molecule has 0 aromatic heterocycles. The number of hydrogen-bond donors (Lipinski definition) is 1. The van der Waals surface area contributed by atoms with Gasteiger partial charge in [-0.2, -0.15) is 0 Å². The van der Waals surface area contributed by atoms with Crippen LogP contribution < -0.4 is 9.62 Å². The summed E-state index contributed by atoms with van der Waals surface area (Å²) in [6, 6.07) is 15.3. The van der Waals surface area contributed by atoms with Gasteiger partial charge in [-0.3, -0.25) is 13.9 Å². The maximum atomic E-state index is 13.8. The standard InChI is InChI=1S/C29H33F2N3O4S/c1-5-21(3)32-29(36)22(4)33(18-23-8-10-24(30)11-9-23)28(35)19-34(26-14-12-25(31)13-15-26)39(37,38)27-16-6-20(2)7-17-27/h6-17,21-22H,5,18-19H2,1-4H3,(H,32,36)/t21-,22+/m1/s1. The highest BCUT2D eigenvalue weighted by Gasteiger charge is 2.32. The van der Waals surface area contributed by atoms with Crippen LogP contribution in [0, 0.1) is 18.6 Å². The monoisotopic (exact) mass is 557 g/mol. The van der Waals surface area contributed by atoms with Crippen LogP contribution in [0.25, 0.3) is 0 Å². The van der Waals surface area contributed by atoms with Crippen molar-refractivity contribution in [3.05, 3.63) is 95.6 Å². The van der Waals surface area contributed by atoms with Crippen molar-refractivity contribution < 1.29 is 26.8 Å². The van der Waals surface area contributed by atoms with Gasteiger partial charge in [-0.05, 0) is 81.3 Å². The summed E-state index contributed by atoms with van der Waals surface area (Å²) in [5.41, 5.74) is 1.50. The summed E-state index contributed by atoms with van der Waals surface area (Å²) in [6.07, 6.45) is 0.678. The van der Waals surface area contributed by atoms with Gasteiger partial charge in [0.1, 0.15) is 24.2 Å². The fourth-order valence-corrected chi connectivity index (χ4v) is 5.22. The van der Waals surface area contributed by atoms with Crippen LogP contribution in [0.3, 0.4) is 0 Å². The Bertz CT molecular complexity index is 1380. The number of rotatable bonds is 11. The SMILES string of the molecule is CC[C@@H](C)NC(=O)[C@H](C)N(Cc1ccc(F)cc1)C(=O)CN(c1ccc(F)cc1)S(=O)(=O)c1ccc(C)cc1. The summed E-state index contributed by atoms with van der Waals surface area (Å²) in [4.78, 5) is 28.0.